The first kappa shape index (κ1) is 13.5. The van der Waals surface area contributed by atoms with E-state index < -0.39 is 14.9 Å². The molecule has 3 saturated carbocycles. The van der Waals surface area contributed by atoms with Gasteiger partial charge in [0.05, 0.1) is 9.82 Å². The highest BCUT2D eigenvalue weighted by Crippen LogP contribution is 2.66. The molecule has 0 radical (unpaired) electrons. The summed E-state index contributed by atoms with van der Waals surface area (Å²) >= 11 is 0. The van der Waals surface area contributed by atoms with E-state index in [1.165, 1.54) is 24.3 Å². The summed E-state index contributed by atoms with van der Waals surface area (Å²) in [6.45, 7) is 0.591. The maximum atomic E-state index is 12.2. The third-order valence-electron chi connectivity index (χ3n) is 4.28. The van der Waals surface area contributed by atoms with Gasteiger partial charge in [-0.05, 0) is 43.4 Å². The van der Waals surface area contributed by atoms with Crippen molar-refractivity contribution in [3.8, 4) is 0 Å². The fourth-order valence-corrected chi connectivity index (χ4v) is 4.81. The number of non-ortho nitro benzene ring substituents is 1. The third-order valence-corrected chi connectivity index (χ3v) is 5.88. The van der Waals surface area contributed by atoms with E-state index in [0.717, 1.165) is 19.3 Å². The molecule has 3 aliphatic carbocycles. The molecule has 0 aromatic heterocycles. The Labute approximate surface area is 116 Å². The van der Waals surface area contributed by atoms with Crippen LogP contribution >= 0.6 is 0 Å². The van der Waals surface area contributed by atoms with Crippen molar-refractivity contribution in [2.75, 3.05) is 6.54 Å². The Morgan fingerprint density at radius 1 is 1.25 bits per heavy atom. The van der Waals surface area contributed by atoms with Crippen molar-refractivity contribution in [3.63, 3.8) is 0 Å². The van der Waals surface area contributed by atoms with E-state index in [1.54, 1.807) is 0 Å². The van der Waals surface area contributed by atoms with E-state index in [4.69, 9.17) is 5.73 Å². The van der Waals surface area contributed by atoms with Gasteiger partial charge in [-0.2, -0.15) is 0 Å². The molecule has 7 nitrogen and oxygen atoms in total. The molecule has 0 spiro atoms. The maximum Gasteiger partial charge on any atom is 0.269 e. The van der Waals surface area contributed by atoms with Crippen LogP contribution in [0.5, 0.6) is 0 Å². The van der Waals surface area contributed by atoms with Crippen molar-refractivity contribution < 1.29 is 13.3 Å². The molecule has 1 aromatic carbocycles. The normalized spacial score (nSPS) is 31.2. The van der Waals surface area contributed by atoms with Crippen LogP contribution in [0.4, 0.5) is 5.69 Å². The number of hydrogen-bond donors (Lipinski definition) is 2. The lowest BCUT2D eigenvalue weighted by Gasteiger charge is -2.70. The molecule has 0 atom stereocenters. The molecule has 3 fully saturated rings. The Kier molecular flexibility index (Phi) is 2.69. The number of nitrogens with two attached hydrogens (primary N) is 1. The molecule has 2 bridgehead atoms. The van der Waals surface area contributed by atoms with E-state index in [0.29, 0.717) is 6.54 Å². The largest absolute Gasteiger partial charge is 0.330 e. The van der Waals surface area contributed by atoms with Crippen LogP contribution in [-0.2, 0) is 10.0 Å². The molecule has 20 heavy (non-hydrogen) atoms. The Balaban J connectivity index is 1.75. The molecule has 3 N–H and O–H groups in total. The summed E-state index contributed by atoms with van der Waals surface area (Å²) in [5, 5.41) is 10.5. The molecular formula is C12H15N3O4S. The van der Waals surface area contributed by atoms with E-state index >= 15 is 0 Å². The summed E-state index contributed by atoms with van der Waals surface area (Å²) in [4.78, 5) is 10.0. The van der Waals surface area contributed by atoms with Gasteiger partial charge < -0.3 is 5.73 Å². The van der Waals surface area contributed by atoms with Crippen LogP contribution in [0.3, 0.4) is 0 Å². The van der Waals surface area contributed by atoms with Crippen molar-refractivity contribution in [1.29, 1.82) is 0 Å². The van der Waals surface area contributed by atoms with Crippen LogP contribution in [0.15, 0.2) is 29.2 Å². The molecular weight excluding hydrogens is 282 g/mol. The smallest absolute Gasteiger partial charge is 0.269 e. The van der Waals surface area contributed by atoms with E-state index in [9.17, 15) is 18.5 Å². The summed E-state index contributed by atoms with van der Waals surface area (Å²) in [6.07, 6.45) is 2.34. The summed E-state index contributed by atoms with van der Waals surface area (Å²) in [6, 6.07) is 4.89. The summed E-state index contributed by atoms with van der Waals surface area (Å²) in [5.41, 5.74) is 5.31. The number of rotatable bonds is 5. The highest BCUT2D eigenvalue weighted by Gasteiger charge is 2.68. The van der Waals surface area contributed by atoms with Gasteiger partial charge >= 0.3 is 0 Å². The predicted octanol–water partition coefficient (Wildman–Crippen LogP) is 0.755. The summed E-state index contributed by atoms with van der Waals surface area (Å²) < 4.78 is 27.2. The minimum absolute atomic E-state index is 0.0506. The van der Waals surface area contributed by atoms with Crippen molar-refractivity contribution >= 4 is 15.7 Å². The van der Waals surface area contributed by atoms with Crippen LogP contribution in [0, 0.1) is 15.5 Å². The fraction of sp³-hybridized carbons (Fsp3) is 0.500. The minimum Gasteiger partial charge on any atom is -0.330 e. The van der Waals surface area contributed by atoms with Gasteiger partial charge in [0.1, 0.15) is 0 Å². The topological polar surface area (TPSA) is 115 Å². The van der Waals surface area contributed by atoms with Gasteiger partial charge in [0.2, 0.25) is 10.0 Å². The lowest BCUT2D eigenvalue weighted by Crippen LogP contribution is -2.76. The van der Waals surface area contributed by atoms with Gasteiger partial charge in [0.25, 0.3) is 5.69 Å². The number of nitrogens with one attached hydrogen (secondary N) is 1. The van der Waals surface area contributed by atoms with Gasteiger partial charge in [0.15, 0.2) is 0 Å². The zero-order valence-corrected chi connectivity index (χ0v) is 11.5. The number of nitrogens with zero attached hydrogens (tertiary/aromatic N) is 1. The van der Waals surface area contributed by atoms with Gasteiger partial charge in [-0.15, -0.1) is 0 Å². The number of hydrogen-bond acceptors (Lipinski definition) is 5. The fourth-order valence-electron chi connectivity index (χ4n) is 3.41. The highest BCUT2D eigenvalue weighted by molar-refractivity contribution is 7.89. The van der Waals surface area contributed by atoms with Crippen molar-refractivity contribution in [2.45, 2.75) is 29.7 Å². The second-order valence-electron chi connectivity index (χ2n) is 5.87. The van der Waals surface area contributed by atoms with Crippen molar-refractivity contribution in [3.05, 3.63) is 34.4 Å². The number of sulfonamides is 1. The standard InChI is InChI=1S/C12H15N3O4S/c13-8-11-5-12(6-11,7-11)14-20(18,19)10-3-1-9(2-4-10)15(16)17/h1-4,14H,5-8,13H2. The average molecular weight is 297 g/mol. The lowest BCUT2D eigenvalue weighted by molar-refractivity contribution is -0.384. The molecule has 108 valence electrons. The number of nitro benzene ring substituents is 1. The second kappa shape index (κ2) is 4.00. The molecule has 0 amide bonds. The molecule has 0 heterocycles. The second-order valence-corrected chi connectivity index (χ2v) is 7.55. The zero-order valence-electron chi connectivity index (χ0n) is 10.7. The van der Waals surface area contributed by atoms with E-state index in [1.807, 2.05) is 0 Å². The minimum atomic E-state index is -3.63. The molecule has 4 rings (SSSR count). The van der Waals surface area contributed by atoms with Crippen LogP contribution in [0.25, 0.3) is 0 Å². The summed E-state index contributed by atoms with van der Waals surface area (Å²) in [5.74, 6) is 0. The Hall–Kier alpha value is -1.51. The SMILES string of the molecule is NCC12CC(NS(=O)(=O)c3ccc([N+](=O)[O-])cc3)(C1)C2. The third kappa shape index (κ3) is 1.91. The van der Waals surface area contributed by atoms with Crippen molar-refractivity contribution in [1.82, 2.24) is 4.72 Å². The molecule has 0 saturated heterocycles. The quantitative estimate of drug-likeness (QED) is 0.614. The molecule has 8 heteroatoms. The van der Waals surface area contributed by atoms with Gasteiger partial charge in [-0.1, -0.05) is 0 Å². The predicted molar refractivity (Wildman–Crippen MR) is 71.5 cm³/mol. The Bertz CT molecular complexity index is 649. The van der Waals surface area contributed by atoms with Crippen LogP contribution in [-0.4, -0.2) is 25.4 Å². The van der Waals surface area contributed by atoms with Gasteiger partial charge in [-0.25, -0.2) is 13.1 Å². The van der Waals surface area contributed by atoms with Gasteiger partial charge in [0, 0.05) is 17.7 Å². The van der Waals surface area contributed by atoms with Crippen LogP contribution < -0.4 is 10.5 Å². The maximum absolute atomic E-state index is 12.2. The van der Waals surface area contributed by atoms with Crippen molar-refractivity contribution in [2.24, 2.45) is 11.1 Å². The van der Waals surface area contributed by atoms with E-state index in [-0.39, 0.29) is 21.5 Å². The molecule has 3 aliphatic rings. The first-order chi connectivity index (χ1) is 9.30. The number of benzene rings is 1. The lowest BCUT2D eigenvalue weighted by atomic mass is 9.40. The van der Waals surface area contributed by atoms with Crippen LogP contribution in [0.1, 0.15) is 19.3 Å². The highest BCUT2D eigenvalue weighted by atomic mass is 32.2. The van der Waals surface area contributed by atoms with Crippen LogP contribution in [0.2, 0.25) is 0 Å². The monoisotopic (exact) mass is 297 g/mol. The first-order valence-corrected chi connectivity index (χ1v) is 7.77. The van der Waals surface area contributed by atoms with E-state index in [2.05, 4.69) is 4.72 Å². The Morgan fingerprint density at radius 3 is 2.25 bits per heavy atom. The first-order valence-electron chi connectivity index (χ1n) is 6.28. The molecule has 0 unspecified atom stereocenters. The van der Waals surface area contributed by atoms with Gasteiger partial charge in [-0.3, -0.25) is 10.1 Å². The number of nitro groups is 1. The average Bonchev–Trinajstić information content (AvgIpc) is 2.32. The zero-order chi connectivity index (χ0) is 14.6. The Morgan fingerprint density at radius 2 is 1.80 bits per heavy atom. The summed E-state index contributed by atoms with van der Waals surface area (Å²) in [7, 11) is -3.63. The molecule has 0 aliphatic heterocycles. The molecule has 1 aromatic rings.